The van der Waals surface area contributed by atoms with Gasteiger partial charge >= 0.3 is 0 Å². The highest BCUT2D eigenvalue weighted by atomic mass is 32.2. The van der Waals surface area contributed by atoms with Gasteiger partial charge in [-0.05, 0) is 13.3 Å². The largest absolute Gasteiger partial charge is 0.275 e. The van der Waals surface area contributed by atoms with Crippen LogP contribution in [0.3, 0.4) is 0 Å². The first-order valence-corrected chi connectivity index (χ1v) is 5.74. The Morgan fingerprint density at radius 3 is 3.00 bits per heavy atom. The van der Waals surface area contributed by atoms with Crippen molar-refractivity contribution in [2.24, 2.45) is 11.4 Å². The molecule has 1 heterocycles. The quantitative estimate of drug-likeness (QED) is 0.708. The summed E-state index contributed by atoms with van der Waals surface area (Å²) in [5.74, 6) is 0. The topological polar surface area (TPSA) is 47.2 Å². The fraction of sp³-hybridized carbons (Fsp3) is 0.556. The van der Waals surface area contributed by atoms with Crippen LogP contribution in [0.2, 0.25) is 0 Å². The van der Waals surface area contributed by atoms with Gasteiger partial charge in [0.1, 0.15) is 11.0 Å². The van der Waals surface area contributed by atoms with Gasteiger partial charge in [0.05, 0.1) is 11.4 Å². The molecule has 0 amide bonds. The number of rotatable bonds is 4. The van der Waals surface area contributed by atoms with E-state index in [9.17, 15) is 4.21 Å². The van der Waals surface area contributed by atoms with Crippen molar-refractivity contribution in [2.75, 3.05) is 0 Å². The molecule has 0 aliphatic carbocycles. The molecular formula is C9H15N3OS. The van der Waals surface area contributed by atoms with Crippen LogP contribution in [-0.2, 0) is 18.0 Å². The second-order valence-corrected chi connectivity index (χ2v) is 4.74. The average Bonchev–Trinajstić information content (AvgIpc) is 2.59. The SMILES string of the molecule is CCC(C)S(=O)N=Cc1cnn(C)c1. The Morgan fingerprint density at radius 2 is 2.50 bits per heavy atom. The highest BCUT2D eigenvalue weighted by Crippen LogP contribution is 2.02. The number of aromatic nitrogens is 2. The van der Waals surface area contributed by atoms with E-state index in [4.69, 9.17) is 0 Å². The monoisotopic (exact) mass is 213 g/mol. The predicted octanol–water partition coefficient (Wildman–Crippen LogP) is 1.30. The zero-order valence-corrected chi connectivity index (χ0v) is 9.49. The Kier molecular flexibility index (Phi) is 4.00. The molecule has 0 aromatic carbocycles. The molecule has 1 rings (SSSR count). The van der Waals surface area contributed by atoms with Crippen LogP contribution in [0.1, 0.15) is 25.8 Å². The second-order valence-electron chi connectivity index (χ2n) is 3.18. The maximum absolute atomic E-state index is 11.4. The summed E-state index contributed by atoms with van der Waals surface area (Å²) in [5, 5.41) is 4.10. The average molecular weight is 213 g/mol. The summed E-state index contributed by atoms with van der Waals surface area (Å²) in [7, 11) is 0.713. The Bertz CT molecular complexity index is 346. The maximum Gasteiger partial charge on any atom is 0.142 e. The van der Waals surface area contributed by atoms with Gasteiger partial charge < -0.3 is 0 Å². The van der Waals surface area contributed by atoms with Crippen LogP contribution in [0.15, 0.2) is 16.8 Å². The first kappa shape index (κ1) is 11.1. The third-order valence-corrected chi connectivity index (χ3v) is 3.28. The first-order valence-electron chi connectivity index (χ1n) is 4.57. The van der Waals surface area contributed by atoms with Gasteiger partial charge in [0.15, 0.2) is 0 Å². The summed E-state index contributed by atoms with van der Waals surface area (Å²) < 4.78 is 17.1. The van der Waals surface area contributed by atoms with E-state index < -0.39 is 11.0 Å². The van der Waals surface area contributed by atoms with Crippen molar-refractivity contribution in [3.8, 4) is 0 Å². The maximum atomic E-state index is 11.4. The van der Waals surface area contributed by atoms with Gasteiger partial charge in [-0.25, -0.2) is 4.21 Å². The highest BCUT2D eigenvalue weighted by molar-refractivity contribution is 7.84. The van der Waals surface area contributed by atoms with Crippen LogP contribution in [-0.4, -0.2) is 25.5 Å². The van der Waals surface area contributed by atoms with E-state index in [0.29, 0.717) is 0 Å². The molecular weight excluding hydrogens is 198 g/mol. The van der Waals surface area contributed by atoms with Gasteiger partial charge in [0.25, 0.3) is 0 Å². The number of aryl methyl sites for hydroxylation is 1. The van der Waals surface area contributed by atoms with Crippen LogP contribution in [0.5, 0.6) is 0 Å². The zero-order valence-electron chi connectivity index (χ0n) is 8.67. The van der Waals surface area contributed by atoms with Crippen LogP contribution in [0.25, 0.3) is 0 Å². The number of hydrogen-bond acceptors (Lipinski definition) is 2. The molecule has 1 aromatic rings. The Balaban J connectivity index is 2.60. The lowest BCUT2D eigenvalue weighted by molar-refractivity contribution is 0.672. The van der Waals surface area contributed by atoms with Crippen molar-refractivity contribution in [3.05, 3.63) is 18.0 Å². The summed E-state index contributed by atoms with van der Waals surface area (Å²) >= 11 is 0. The van der Waals surface area contributed by atoms with Crippen molar-refractivity contribution < 1.29 is 4.21 Å². The molecule has 0 fully saturated rings. The number of nitrogens with zero attached hydrogens (tertiary/aromatic N) is 3. The lowest BCUT2D eigenvalue weighted by Gasteiger charge is -2.01. The van der Waals surface area contributed by atoms with Crippen molar-refractivity contribution in [2.45, 2.75) is 25.5 Å². The van der Waals surface area contributed by atoms with Crippen molar-refractivity contribution in [1.82, 2.24) is 9.78 Å². The van der Waals surface area contributed by atoms with Gasteiger partial charge in [-0.2, -0.15) is 9.50 Å². The lowest BCUT2D eigenvalue weighted by Crippen LogP contribution is -2.06. The fourth-order valence-electron chi connectivity index (χ4n) is 0.866. The Hall–Kier alpha value is -0.970. The fourth-order valence-corrected chi connectivity index (χ4v) is 1.58. The summed E-state index contributed by atoms with van der Waals surface area (Å²) in [5.41, 5.74) is 0.879. The molecule has 2 unspecified atom stereocenters. The van der Waals surface area contributed by atoms with Gasteiger partial charge in [-0.3, -0.25) is 4.68 Å². The van der Waals surface area contributed by atoms with E-state index in [2.05, 4.69) is 9.50 Å². The third kappa shape index (κ3) is 3.06. The molecule has 0 aliphatic rings. The zero-order chi connectivity index (χ0) is 10.6. The molecule has 0 aliphatic heterocycles. The molecule has 4 nitrogen and oxygen atoms in total. The van der Waals surface area contributed by atoms with E-state index in [1.54, 1.807) is 17.1 Å². The minimum absolute atomic E-state index is 0.114. The van der Waals surface area contributed by atoms with E-state index in [0.717, 1.165) is 12.0 Å². The highest BCUT2D eigenvalue weighted by Gasteiger charge is 2.05. The standard InChI is InChI=1S/C9H15N3OS/c1-4-8(2)14(13)11-6-9-5-10-12(3)7-9/h5-8H,4H2,1-3H3. The predicted molar refractivity (Wildman–Crippen MR) is 58.7 cm³/mol. The van der Waals surface area contributed by atoms with Gasteiger partial charge in [-0.1, -0.05) is 6.92 Å². The molecule has 0 radical (unpaired) electrons. The molecule has 5 heteroatoms. The first-order chi connectivity index (χ1) is 6.63. The van der Waals surface area contributed by atoms with Gasteiger partial charge in [0.2, 0.25) is 0 Å². The molecule has 0 saturated heterocycles. The van der Waals surface area contributed by atoms with E-state index in [1.807, 2.05) is 27.1 Å². The lowest BCUT2D eigenvalue weighted by atomic mass is 10.4. The molecule has 0 N–H and O–H groups in total. The third-order valence-electron chi connectivity index (χ3n) is 1.95. The Labute approximate surface area is 86.6 Å². The van der Waals surface area contributed by atoms with E-state index in [1.165, 1.54) is 0 Å². The van der Waals surface area contributed by atoms with Gasteiger partial charge in [-0.15, -0.1) is 0 Å². The minimum Gasteiger partial charge on any atom is -0.275 e. The molecule has 0 bridgehead atoms. The second kappa shape index (κ2) is 5.05. The normalized spacial score (nSPS) is 15.9. The van der Waals surface area contributed by atoms with Crippen LogP contribution in [0.4, 0.5) is 0 Å². The van der Waals surface area contributed by atoms with Crippen molar-refractivity contribution in [1.29, 1.82) is 0 Å². The van der Waals surface area contributed by atoms with Crippen LogP contribution in [0, 0.1) is 0 Å². The number of hydrogen-bond donors (Lipinski definition) is 0. The molecule has 1 aromatic heterocycles. The summed E-state index contributed by atoms with van der Waals surface area (Å²) in [4.78, 5) is 0. The van der Waals surface area contributed by atoms with E-state index in [-0.39, 0.29) is 5.25 Å². The summed E-state index contributed by atoms with van der Waals surface area (Å²) in [6.07, 6.45) is 6.00. The molecule has 0 saturated carbocycles. The van der Waals surface area contributed by atoms with Crippen molar-refractivity contribution in [3.63, 3.8) is 0 Å². The van der Waals surface area contributed by atoms with Crippen LogP contribution < -0.4 is 0 Å². The molecule has 78 valence electrons. The van der Waals surface area contributed by atoms with Gasteiger partial charge in [0, 0.05) is 25.0 Å². The summed E-state index contributed by atoms with van der Waals surface area (Å²) in [6.45, 7) is 3.93. The minimum atomic E-state index is -1.12. The van der Waals surface area contributed by atoms with Crippen LogP contribution >= 0.6 is 0 Å². The molecule has 2 atom stereocenters. The summed E-state index contributed by atoms with van der Waals surface area (Å²) in [6, 6.07) is 0. The smallest absolute Gasteiger partial charge is 0.142 e. The molecule has 14 heavy (non-hydrogen) atoms. The Morgan fingerprint density at radius 1 is 1.79 bits per heavy atom. The van der Waals surface area contributed by atoms with Crippen molar-refractivity contribution >= 4 is 17.2 Å². The van der Waals surface area contributed by atoms with E-state index >= 15 is 0 Å². The molecule has 0 spiro atoms.